The van der Waals surface area contributed by atoms with Crippen molar-refractivity contribution in [3.8, 4) is 0 Å². The van der Waals surface area contributed by atoms with E-state index in [9.17, 15) is 5.11 Å². The molecular formula is C11H23NO2. The SMILES string of the molecule is CCCNC1(CO)CCC(OC)CC1. The van der Waals surface area contributed by atoms with E-state index in [1.807, 2.05) is 0 Å². The number of nitrogens with one attached hydrogen (secondary N) is 1. The first kappa shape index (κ1) is 12.0. The maximum atomic E-state index is 9.42. The van der Waals surface area contributed by atoms with Gasteiger partial charge in [0.25, 0.3) is 0 Å². The molecule has 1 rings (SSSR count). The van der Waals surface area contributed by atoms with E-state index < -0.39 is 0 Å². The van der Waals surface area contributed by atoms with Gasteiger partial charge in [-0.05, 0) is 38.6 Å². The predicted octanol–water partition coefficient (Wildman–Crippen LogP) is 1.31. The summed E-state index contributed by atoms with van der Waals surface area (Å²) >= 11 is 0. The summed E-state index contributed by atoms with van der Waals surface area (Å²) in [7, 11) is 1.77. The van der Waals surface area contributed by atoms with Crippen LogP contribution >= 0.6 is 0 Å². The van der Waals surface area contributed by atoms with Gasteiger partial charge in [-0.2, -0.15) is 0 Å². The summed E-state index contributed by atoms with van der Waals surface area (Å²) < 4.78 is 5.32. The number of ether oxygens (including phenoxy) is 1. The Kier molecular flexibility index (Phi) is 4.85. The Morgan fingerprint density at radius 2 is 2.07 bits per heavy atom. The first-order valence-corrected chi connectivity index (χ1v) is 5.65. The molecule has 0 saturated heterocycles. The number of aliphatic hydroxyl groups excluding tert-OH is 1. The second-order valence-electron chi connectivity index (χ2n) is 4.30. The van der Waals surface area contributed by atoms with E-state index in [0.717, 1.165) is 38.6 Å². The summed E-state index contributed by atoms with van der Waals surface area (Å²) in [6, 6.07) is 0. The van der Waals surface area contributed by atoms with Crippen LogP contribution in [0.3, 0.4) is 0 Å². The molecule has 0 aromatic carbocycles. The standard InChI is InChI=1S/C11H23NO2/c1-3-8-12-11(9-13)6-4-10(14-2)5-7-11/h10,12-13H,3-9H2,1-2H3. The van der Waals surface area contributed by atoms with Crippen LogP contribution in [0, 0.1) is 0 Å². The molecule has 0 atom stereocenters. The average molecular weight is 201 g/mol. The summed E-state index contributed by atoms with van der Waals surface area (Å²) in [4.78, 5) is 0. The van der Waals surface area contributed by atoms with Crippen molar-refractivity contribution in [2.75, 3.05) is 20.3 Å². The molecule has 0 radical (unpaired) electrons. The van der Waals surface area contributed by atoms with E-state index in [2.05, 4.69) is 12.2 Å². The second-order valence-corrected chi connectivity index (χ2v) is 4.30. The second kappa shape index (κ2) is 5.69. The third kappa shape index (κ3) is 2.94. The molecule has 1 aliphatic carbocycles. The summed E-state index contributed by atoms with van der Waals surface area (Å²) in [6.45, 7) is 3.40. The number of hydrogen-bond acceptors (Lipinski definition) is 3. The molecule has 0 aromatic rings. The molecule has 14 heavy (non-hydrogen) atoms. The van der Waals surface area contributed by atoms with Crippen molar-refractivity contribution in [2.45, 2.75) is 50.7 Å². The van der Waals surface area contributed by atoms with Gasteiger partial charge in [0.15, 0.2) is 0 Å². The number of rotatable bonds is 5. The zero-order valence-corrected chi connectivity index (χ0v) is 9.38. The molecule has 0 bridgehead atoms. The molecule has 0 spiro atoms. The first-order chi connectivity index (χ1) is 6.76. The van der Waals surface area contributed by atoms with Gasteiger partial charge >= 0.3 is 0 Å². The van der Waals surface area contributed by atoms with E-state index in [0.29, 0.717) is 6.10 Å². The minimum atomic E-state index is -0.0228. The van der Waals surface area contributed by atoms with Gasteiger partial charge in [0.1, 0.15) is 0 Å². The Hall–Kier alpha value is -0.120. The molecule has 0 aromatic heterocycles. The van der Waals surface area contributed by atoms with Gasteiger partial charge in [0.2, 0.25) is 0 Å². The van der Waals surface area contributed by atoms with Crippen LogP contribution in [0.2, 0.25) is 0 Å². The van der Waals surface area contributed by atoms with Crippen molar-refractivity contribution in [1.29, 1.82) is 0 Å². The van der Waals surface area contributed by atoms with Crippen molar-refractivity contribution in [3.63, 3.8) is 0 Å². The highest BCUT2D eigenvalue weighted by molar-refractivity contribution is 4.92. The van der Waals surface area contributed by atoms with Crippen molar-refractivity contribution < 1.29 is 9.84 Å². The third-order valence-corrected chi connectivity index (χ3v) is 3.28. The minimum absolute atomic E-state index is 0.0228. The predicted molar refractivity (Wildman–Crippen MR) is 57.4 cm³/mol. The normalized spacial score (nSPS) is 33.2. The quantitative estimate of drug-likeness (QED) is 0.704. The lowest BCUT2D eigenvalue weighted by molar-refractivity contribution is 0.0234. The molecule has 84 valence electrons. The molecule has 3 nitrogen and oxygen atoms in total. The van der Waals surface area contributed by atoms with E-state index >= 15 is 0 Å². The highest BCUT2D eigenvalue weighted by Crippen LogP contribution is 2.29. The monoisotopic (exact) mass is 201 g/mol. The van der Waals surface area contributed by atoms with Crippen LogP contribution in [0.5, 0.6) is 0 Å². The lowest BCUT2D eigenvalue weighted by Gasteiger charge is -2.39. The summed E-state index contributed by atoms with van der Waals surface area (Å²) in [6.07, 6.45) is 5.71. The molecule has 0 unspecified atom stereocenters. The fourth-order valence-electron chi connectivity index (χ4n) is 2.16. The maximum Gasteiger partial charge on any atom is 0.0613 e. The maximum absolute atomic E-state index is 9.42. The lowest BCUT2D eigenvalue weighted by Crippen LogP contribution is -2.52. The molecule has 1 fully saturated rings. The highest BCUT2D eigenvalue weighted by atomic mass is 16.5. The van der Waals surface area contributed by atoms with E-state index in [1.165, 1.54) is 0 Å². The summed E-state index contributed by atoms with van der Waals surface area (Å²) in [5.74, 6) is 0. The molecule has 3 heteroatoms. The summed E-state index contributed by atoms with van der Waals surface area (Å²) in [5.41, 5.74) is -0.0228. The van der Waals surface area contributed by atoms with Crippen LogP contribution in [0.1, 0.15) is 39.0 Å². The van der Waals surface area contributed by atoms with Gasteiger partial charge in [-0.15, -0.1) is 0 Å². The minimum Gasteiger partial charge on any atom is -0.394 e. The van der Waals surface area contributed by atoms with Crippen LogP contribution in [0.15, 0.2) is 0 Å². The summed E-state index contributed by atoms with van der Waals surface area (Å²) in [5, 5.41) is 12.9. The largest absolute Gasteiger partial charge is 0.394 e. The fourth-order valence-corrected chi connectivity index (χ4v) is 2.16. The third-order valence-electron chi connectivity index (χ3n) is 3.28. The van der Waals surface area contributed by atoms with Gasteiger partial charge in [0, 0.05) is 12.6 Å². The molecule has 0 aliphatic heterocycles. The van der Waals surface area contributed by atoms with E-state index in [-0.39, 0.29) is 12.1 Å². The zero-order valence-electron chi connectivity index (χ0n) is 9.38. The lowest BCUT2D eigenvalue weighted by atomic mass is 9.81. The van der Waals surface area contributed by atoms with Crippen LogP contribution in [-0.4, -0.2) is 37.0 Å². The van der Waals surface area contributed by atoms with Gasteiger partial charge in [-0.25, -0.2) is 0 Å². The Balaban J connectivity index is 2.39. The van der Waals surface area contributed by atoms with Crippen molar-refractivity contribution in [2.24, 2.45) is 0 Å². The van der Waals surface area contributed by atoms with Crippen LogP contribution in [0.4, 0.5) is 0 Å². The Bertz CT molecular complexity index is 153. The van der Waals surface area contributed by atoms with E-state index in [4.69, 9.17) is 4.74 Å². The first-order valence-electron chi connectivity index (χ1n) is 5.65. The molecule has 0 amide bonds. The molecule has 2 N–H and O–H groups in total. The molecular weight excluding hydrogens is 178 g/mol. The van der Waals surface area contributed by atoms with Gasteiger partial charge in [-0.3, -0.25) is 0 Å². The smallest absolute Gasteiger partial charge is 0.0613 e. The van der Waals surface area contributed by atoms with E-state index in [1.54, 1.807) is 7.11 Å². The van der Waals surface area contributed by atoms with Gasteiger partial charge in [-0.1, -0.05) is 6.92 Å². The Morgan fingerprint density at radius 1 is 1.43 bits per heavy atom. The zero-order chi connectivity index (χ0) is 10.4. The van der Waals surface area contributed by atoms with Crippen LogP contribution < -0.4 is 5.32 Å². The van der Waals surface area contributed by atoms with Crippen molar-refractivity contribution in [3.05, 3.63) is 0 Å². The fraction of sp³-hybridized carbons (Fsp3) is 1.00. The molecule has 0 heterocycles. The highest BCUT2D eigenvalue weighted by Gasteiger charge is 2.33. The average Bonchev–Trinajstić information content (AvgIpc) is 2.27. The Morgan fingerprint density at radius 3 is 2.50 bits per heavy atom. The van der Waals surface area contributed by atoms with Crippen LogP contribution in [0.25, 0.3) is 0 Å². The topological polar surface area (TPSA) is 41.5 Å². The Labute approximate surface area is 86.8 Å². The number of hydrogen-bond donors (Lipinski definition) is 2. The molecule has 1 aliphatic rings. The van der Waals surface area contributed by atoms with Crippen molar-refractivity contribution in [1.82, 2.24) is 5.32 Å². The molecule has 1 saturated carbocycles. The number of methoxy groups -OCH3 is 1. The van der Waals surface area contributed by atoms with Gasteiger partial charge < -0.3 is 15.2 Å². The van der Waals surface area contributed by atoms with Gasteiger partial charge in [0.05, 0.1) is 12.7 Å². The van der Waals surface area contributed by atoms with Crippen LogP contribution in [-0.2, 0) is 4.74 Å². The van der Waals surface area contributed by atoms with Crippen molar-refractivity contribution >= 4 is 0 Å². The number of aliphatic hydroxyl groups is 1.